The summed E-state index contributed by atoms with van der Waals surface area (Å²) >= 11 is 1.16. The zero-order valence-electron chi connectivity index (χ0n) is 11.9. The molecule has 0 bridgehead atoms. The topological polar surface area (TPSA) is 98.1 Å². The zero-order valence-corrected chi connectivity index (χ0v) is 12.7. The van der Waals surface area contributed by atoms with Crippen molar-refractivity contribution in [1.82, 2.24) is 14.9 Å². The van der Waals surface area contributed by atoms with Gasteiger partial charge in [0.25, 0.3) is 0 Å². The Bertz CT molecular complexity index is 629. The summed E-state index contributed by atoms with van der Waals surface area (Å²) in [5.74, 6) is 0.713. The minimum atomic E-state index is -0.185. The van der Waals surface area contributed by atoms with E-state index in [1.165, 1.54) is 11.0 Å². The van der Waals surface area contributed by atoms with Crippen LogP contribution in [-0.2, 0) is 9.59 Å². The van der Waals surface area contributed by atoms with Crippen molar-refractivity contribution in [3.05, 3.63) is 30.6 Å². The first-order valence-corrected chi connectivity index (χ1v) is 7.47. The van der Waals surface area contributed by atoms with E-state index in [0.717, 1.165) is 17.5 Å². The fourth-order valence-corrected chi connectivity index (χ4v) is 2.27. The van der Waals surface area contributed by atoms with Crippen LogP contribution in [0.25, 0.3) is 0 Å². The van der Waals surface area contributed by atoms with Crippen molar-refractivity contribution < 1.29 is 14.3 Å². The van der Waals surface area contributed by atoms with Gasteiger partial charge >= 0.3 is 0 Å². The monoisotopic (exact) mass is 321 g/mol. The fraction of sp³-hybridized carbons (Fsp3) is 0.231. The average Bonchev–Trinajstić information content (AvgIpc) is 2.95. The first kappa shape index (κ1) is 15.8. The van der Waals surface area contributed by atoms with Crippen LogP contribution in [-0.4, -0.2) is 39.6 Å². The number of carbonyl (C=O) groups is 2. The minimum absolute atomic E-state index is 0.145. The largest absolute Gasteiger partial charge is 0.494 e. The highest BCUT2D eigenvalue weighted by Gasteiger charge is 2.09. The summed E-state index contributed by atoms with van der Waals surface area (Å²) in [6.07, 6.45) is 1.86. The number of carbonyl (C=O) groups excluding carboxylic acids is 2. The Morgan fingerprint density at radius 1 is 1.41 bits per heavy atom. The molecule has 2 rings (SSSR count). The maximum absolute atomic E-state index is 11.9. The number of aromatic nitrogens is 3. The number of anilines is 1. The highest BCUT2D eigenvalue weighted by atomic mass is 32.2. The highest BCUT2D eigenvalue weighted by molar-refractivity contribution is 7.99. The number of ether oxygens (including phenoxy) is 1. The van der Waals surface area contributed by atoms with Gasteiger partial charge in [-0.25, -0.2) is 4.68 Å². The number of thioether (sulfide) groups is 1. The van der Waals surface area contributed by atoms with Crippen molar-refractivity contribution in [1.29, 1.82) is 0 Å². The van der Waals surface area contributed by atoms with Crippen LogP contribution >= 0.6 is 11.8 Å². The lowest BCUT2D eigenvalue weighted by molar-refractivity contribution is -0.113. The summed E-state index contributed by atoms with van der Waals surface area (Å²) in [6.45, 7) is 2.50. The summed E-state index contributed by atoms with van der Waals surface area (Å²) in [7, 11) is 0. The summed E-state index contributed by atoms with van der Waals surface area (Å²) < 4.78 is 6.66. The lowest BCUT2D eigenvalue weighted by Crippen LogP contribution is -2.16. The molecule has 2 N–H and O–H groups in total. The molecule has 0 saturated heterocycles. The number of hydrogen-bond acceptors (Lipinski definition) is 6. The molecule has 0 unspecified atom stereocenters. The second kappa shape index (κ2) is 8.03. The minimum Gasteiger partial charge on any atom is -0.494 e. The third-order valence-corrected chi connectivity index (χ3v) is 3.43. The molecule has 1 aromatic heterocycles. The molecule has 0 aliphatic rings. The van der Waals surface area contributed by atoms with Gasteiger partial charge < -0.3 is 10.1 Å². The molecule has 1 heterocycles. The van der Waals surface area contributed by atoms with E-state index in [1.54, 1.807) is 24.3 Å². The summed E-state index contributed by atoms with van der Waals surface area (Å²) in [5, 5.41) is 10.6. The maximum atomic E-state index is 11.9. The fourth-order valence-electron chi connectivity index (χ4n) is 1.60. The number of hydrogen-bond donors (Lipinski definition) is 2. The van der Waals surface area contributed by atoms with Gasteiger partial charge in [0.15, 0.2) is 0 Å². The van der Waals surface area contributed by atoms with Gasteiger partial charge in [-0.2, -0.15) is 0 Å². The quantitative estimate of drug-likeness (QED) is 0.558. The van der Waals surface area contributed by atoms with Gasteiger partial charge in [0, 0.05) is 5.69 Å². The molecule has 22 heavy (non-hydrogen) atoms. The van der Waals surface area contributed by atoms with E-state index < -0.39 is 0 Å². The predicted molar refractivity (Wildman–Crippen MR) is 82.4 cm³/mol. The molecule has 1 aromatic carbocycles. The van der Waals surface area contributed by atoms with E-state index in [4.69, 9.17) is 4.74 Å². The predicted octanol–water partition coefficient (Wildman–Crippen LogP) is 1.11. The van der Waals surface area contributed by atoms with E-state index in [2.05, 4.69) is 20.9 Å². The van der Waals surface area contributed by atoms with Gasteiger partial charge in [-0.3, -0.25) is 15.0 Å². The van der Waals surface area contributed by atoms with E-state index in [1.807, 2.05) is 6.92 Å². The molecule has 0 radical (unpaired) electrons. The van der Waals surface area contributed by atoms with Crippen molar-refractivity contribution in [3.8, 4) is 5.75 Å². The van der Waals surface area contributed by atoms with Crippen molar-refractivity contribution in [2.24, 2.45) is 0 Å². The van der Waals surface area contributed by atoms with E-state index in [-0.39, 0.29) is 11.7 Å². The van der Waals surface area contributed by atoms with Gasteiger partial charge in [0.1, 0.15) is 12.1 Å². The lowest BCUT2D eigenvalue weighted by atomic mass is 10.3. The normalized spacial score (nSPS) is 10.0. The second-order valence-electron chi connectivity index (χ2n) is 4.02. The average molecular weight is 321 g/mol. The van der Waals surface area contributed by atoms with Gasteiger partial charge in [-0.1, -0.05) is 11.8 Å². The molecule has 0 atom stereocenters. The third-order valence-electron chi connectivity index (χ3n) is 2.49. The Labute approximate surface area is 131 Å². The van der Waals surface area contributed by atoms with Crippen molar-refractivity contribution in [3.63, 3.8) is 0 Å². The van der Waals surface area contributed by atoms with E-state index >= 15 is 0 Å². The second-order valence-corrected chi connectivity index (χ2v) is 4.97. The standard InChI is InChI=1S/C13H15N5O3S/c1-2-21-11-5-3-10(4-6-11)16-12(20)7-22-13-17-14-8-18(13)15-9-19/h3-6,8-9H,2,7H2,1H3,(H,15,19)(H,16,20). The number of nitrogens with zero attached hydrogens (tertiary/aromatic N) is 3. The van der Waals surface area contributed by atoms with Crippen molar-refractivity contribution >= 4 is 29.8 Å². The van der Waals surface area contributed by atoms with Crippen LogP contribution in [0.2, 0.25) is 0 Å². The molecule has 0 aliphatic heterocycles. The van der Waals surface area contributed by atoms with Crippen LogP contribution < -0.4 is 15.5 Å². The molecule has 8 nitrogen and oxygen atoms in total. The first-order valence-electron chi connectivity index (χ1n) is 6.48. The molecule has 0 spiro atoms. The molecule has 2 aromatic rings. The summed E-state index contributed by atoms with van der Waals surface area (Å²) in [4.78, 5) is 22.3. The van der Waals surface area contributed by atoms with E-state index in [9.17, 15) is 9.59 Å². The Hall–Kier alpha value is -2.55. The molecule has 0 aliphatic carbocycles. The SMILES string of the molecule is CCOc1ccc(NC(=O)CSc2nncn2NC=O)cc1. The van der Waals surface area contributed by atoms with Gasteiger partial charge in [0.2, 0.25) is 17.5 Å². The Balaban J connectivity index is 1.84. The van der Waals surface area contributed by atoms with Crippen LogP contribution in [0.5, 0.6) is 5.75 Å². The Morgan fingerprint density at radius 3 is 2.86 bits per heavy atom. The lowest BCUT2D eigenvalue weighted by Gasteiger charge is -2.07. The number of benzene rings is 1. The molecule has 2 amide bonds. The summed E-state index contributed by atoms with van der Waals surface area (Å²) in [5.41, 5.74) is 3.07. The Kier molecular flexibility index (Phi) is 5.78. The van der Waals surface area contributed by atoms with Crippen LogP contribution in [0.4, 0.5) is 5.69 Å². The van der Waals surface area contributed by atoms with Crippen LogP contribution in [0.3, 0.4) is 0 Å². The van der Waals surface area contributed by atoms with Crippen molar-refractivity contribution in [2.45, 2.75) is 12.1 Å². The van der Waals surface area contributed by atoms with Gasteiger partial charge in [-0.05, 0) is 31.2 Å². The Morgan fingerprint density at radius 2 is 2.18 bits per heavy atom. The van der Waals surface area contributed by atoms with Crippen LogP contribution in [0.15, 0.2) is 35.7 Å². The van der Waals surface area contributed by atoms with E-state index in [0.29, 0.717) is 23.9 Å². The highest BCUT2D eigenvalue weighted by Crippen LogP contribution is 2.17. The zero-order chi connectivity index (χ0) is 15.8. The number of amides is 2. The number of nitrogens with one attached hydrogen (secondary N) is 2. The molecule has 116 valence electrons. The molecule has 0 saturated carbocycles. The maximum Gasteiger partial charge on any atom is 0.234 e. The molecule has 0 fully saturated rings. The van der Waals surface area contributed by atoms with Gasteiger partial charge in [-0.15, -0.1) is 10.2 Å². The van der Waals surface area contributed by atoms with Crippen LogP contribution in [0.1, 0.15) is 6.92 Å². The molecular weight excluding hydrogens is 306 g/mol. The molecule has 9 heteroatoms. The third kappa shape index (κ3) is 4.48. The number of rotatable bonds is 8. The first-order chi connectivity index (χ1) is 10.7. The summed E-state index contributed by atoms with van der Waals surface area (Å²) in [6, 6.07) is 7.11. The smallest absolute Gasteiger partial charge is 0.234 e. The van der Waals surface area contributed by atoms with Gasteiger partial charge in [0.05, 0.1) is 12.4 Å². The molecular formula is C13H15N5O3S. The van der Waals surface area contributed by atoms with Crippen molar-refractivity contribution in [2.75, 3.05) is 23.1 Å². The van der Waals surface area contributed by atoms with Crippen LogP contribution in [0, 0.1) is 0 Å².